The topological polar surface area (TPSA) is 84.7 Å². The molecule has 8 heteroatoms. The Labute approximate surface area is 143 Å². The number of benzene rings is 2. The number of nitrogens with zero attached hydrogens (tertiary/aromatic N) is 2. The van der Waals surface area contributed by atoms with Gasteiger partial charge in [0.05, 0.1) is 18.1 Å². The van der Waals surface area contributed by atoms with Crippen molar-refractivity contribution in [1.29, 1.82) is 0 Å². The zero-order chi connectivity index (χ0) is 17.8. The Balaban J connectivity index is 1.63. The molecule has 0 radical (unpaired) electrons. The standard InChI is InChI=1S/C17H16FN3O4/c18-13-3-1-12(2-4-13)16-11-20(9-10-25-16)17(22)19-14-5-7-15(8-6-14)21(23)24/h1-8,16H,9-11H2,(H,19,22). The summed E-state index contributed by atoms with van der Waals surface area (Å²) in [6, 6.07) is 11.3. The van der Waals surface area contributed by atoms with E-state index >= 15 is 0 Å². The number of anilines is 1. The second-order valence-corrected chi connectivity index (χ2v) is 5.59. The van der Waals surface area contributed by atoms with Crippen molar-refractivity contribution in [3.8, 4) is 0 Å². The van der Waals surface area contributed by atoms with E-state index < -0.39 is 4.92 Å². The van der Waals surface area contributed by atoms with Gasteiger partial charge in [-0.15, -0.1) is 0 Å². The highest BCUT2D eigenvalue weighted by atomic mass is 19.1. The third kappa shape index (κ3) is 4.10. The predicted octanol–water partition coefficient (Wildman–Crippen LogP) is 3.34. The molecule has 1 aliphatic rings. The predicted molar refractivity (Wildman–Crippen MR) is 88.8 cm³/mol. The number of urea groups is 1. The molecule has 1 fully saturated rings. The summed E-state index contributed by atoms with van der Waals surface area (Å²) in [6.07, 6.45) is -0.322. The van der Waals surface area contributed by atoms with Crippen LogP contribution in [0.25, 0.3) is 0 Å². The van der Waals surface area contributed by atoms with Crippen LogP contribution >= 0.6 is 0 Å². The monoisotopic (exact) mass is 345 g/mol. The van der Waals surface area contributed by atoms with Crippen molar-refractivity contribution in [2.75, 3.05) is 25.0 Å². The van der Waals surface area contributed by atoms with Crippen LogP contribution in [0.3, 0.4) is 0 Å². The van der Waals surface area contributed by atoms with E-state index in [4.69, 9.17) is 4.74 Å². The first-order valence-corrected chi connectivity index (χ1v) is 7.70. The summed E-state index contributed by atoms with van der Waals surface area (Å²) in [5, 5.41) is 13.4. The van der Waals surface area contributed by atoms with Crippen LogP contribution in [0, 0.1) is 15.9 Å². The summed E-state index contributed by atoms with van der Waals surface area (Å²) in [4.78, 5) is 24.1. The third-order valence-corrected chi connectivity index (χ3v) is 3.92. The van der Waals surface area contributed by atoms with E-state index in [0.29, 0.717) is 25.4 Å². The minimum absolute atomic E-state index is 0.0410. The third-order valence-electron chi connectivity index (χ3n) is 3.92. The number of carbonyl (C=O) groups is 1. The van der Waals surface area contributed by atoms with Crippen LogP contribution in [-0.2, 0) is 4.74 Å². The number of carbonyl (C=O) groups excluding carboxylic acids is 1. The van der Waals surface area contributed by atoms with Crippen molar-refractivity contribution in [2.24, 2.45) is 0 Å². The largest absolute Gasteiger partial charge is 0.370 e. The summed E-state index contributed by atoms with van der Waals surface area (Å²) >= 11 is 0. The maximum Gasteiger partial charge on any atom is 0.322 e. The molecule has 0 spiro atoms. The first-order valence-electron chi connectivity index (χ1n) is 7.70. The molecule has 1 N–H and O–H groups in total. The minimum atomic E-state index is -0.499. The van der Waals surface area contributed by atoms with Gasteiger partial charge in [0.15, 0.2) is 0 Å². The molecule has 0 bridgehead atoms. The van der Waals surface area contributed by atoms with Crippen LogP contribution < -0.4 is 5.32 Å². The SMILES string of the molecule is O=C(Nc1ccc([N+](=O)[O-])cc1)N1CCOC(c2ccc(F)cc2)C1. The number of hydrogen-bond donors (Lipinski definition) is 1. The van der Waals surface area contributed by atoms with Crippen LogP contribution in [0.2, 0.25) is 0 Å². The molecular weight excluding hydrogens is 329 g/mol. The summed E-state index contributed by atoms with van der Waals surface area (Å²) in [6.45, 7) is 1.14. The van der Waals surface area contributed by atoms with E-state index in [0.717, 1.165) is 5.56 Å². The average Bonchev–Trinajstić information content (AvgIpc) is 2.63. The smallest absolute Gasteiger partial charge is 0.322 e. The minimum Gasteiger partial charge on any atom is -0.370 e. The number of nitro benzene ring substituents is 1. The molecule has 2 amide bonds. The van der Waals surface area contributed by atoms with Gasteiger partial charge < -0.3 is 15.0 Å². The number of amides is 2. The van der Waals surface area contributed by atoms with Crippen molar-refractivity contribution < 1.29 is 18.8 Å². The van der Waals surface area contributed by atoms with Crippen molar-refractivity contribution in [3.63, 3.8) is 0 Å². The Hall–Kier alpha value is -3.00. The molecule has 2 aromatic carbocycles. The Kier molecular flexibility index (Phi) is 4.90. The fraction of sp³-hybridized carbons (Fsp3) is 0.235. The first kappa shape index (κ1) is 16.8. The fourth-order valence-corrected chi connectivity index (χ4v) is 2.58. The highest BCUT2D eigenvalue weighted by Gasteiger charge is 2.25. The molecule has 7 nitrogen and oxygen atoms in total. The zero-order valence-corrected chi connectivity index (χ0v) is 13.2. The lowest BCUT2D eigenvalue weighted by molar-refractivity contribution is -0.384. The van der Waals surface area contributed by atoms with Gasteiger partial charge in [-0.1, -0.05) is 12.1 Å². The van der Waals surface area contributed by atoms with Crippen LogP contribution in [0.15, 0.2) is 48.5 Å². The molecule has 1 heterocycles. The Morgan fingerprint density at radius 3 is 2.52 bits per heavy atom. The van der Waals surface area contributed by atoms with E-state index in [1.54, 1.807) is 17.0 Å². The average molecular weight is 345 g/mol. The van der Waals surface area contributed by atoms with Crippen LogP contribution in [0.1, 0.15) is 11.7 Å². The lowest BCUT2D eigenvalue weighted by atomic mass is 10.1. The van der Waals surface area contributed by atoms with Crippen molar-refractivity contribution >= 4 is 17.4 Å². The zero-order valence-electron chi connectivity index (χ0n) is 13.2. The number of hydrogen-bond acceptors (Lipinski definition) is 4. The molecule has 0 saturated carbocycles. The lowest BCUT2D eigenvalue weighted by Gasteiger charge is -2.33. The molecule has 0 aliphatic carbocycles. The number of non-ortho nitro benzene ring substituents is 1. The summed E-state index contributed by atoms with van der Waals surface area (Å²) in [5.41, 5.74) is 1.23. The molecule has 1 saturated heterocycles. The first-order chi connectivity index (χ1) is 12.0. The lowest BCUT2D eigenvalue weighted by Crippen LogP contribution is -2.44. The number of ether oxygens (including phenoxy) is 1. The fourth-order valence-electron chi connectivity index (χ4n) is 2.58. The molecule has 130 valence electrons. The summed E-state index contributed by atoms with van der Waals surface area (Å²) in [5.74, 6) is -0.327. The van der Waals surface area contributed by atoms with E-state index in [1.807, 2.05) is 0 Å². The Morgan fingerprint density at radius 2 is 1.88 bits per heavy atom. The number of morpholine rings is 1. The molecule has 1 aliphatic heterocycles. The Morgan fingerprint density at radius 1 is 1.20 bits per heavy atom. The highest BCUT2D eigenvalue weighted by molar-refractivity contribution is 5.89. The number of nitrogens with one attached hydrogen (secondary N) is 1. The maximum absolute atomic E-state index is 13.0. The number of halogens is 1. The van der Waals surface area contributed by atoms with Crippen molar-refractivity contribution in [2.45, 2.75) is 6.10 Å². The molecule has 2 aromatic rings. The van der Waals surface area contributed by atoms with Gasteiger partial charge in [0.1, 0.15) is 11.9 Å². The van der Waals surface area contributed by atoms with Gasteiger partial charge in [-0.2, -0.15) is 0 Å². The molecular formula is C17H16FN3O4. The maximum atomic E-state index is 13.0. The second-order valence-electron chi connectivity index (χ2n) is 5.59. The second kappa shape index (κ2) is 7.27. The number of nitro groups is 1. The molecule has 1 unspecified atom stereocenters. The van der Waals surface area contributed by atoms with Crippen LogP contribution in [-0.4, -0.2) is 35.6 Å². The molecule has 25 heavy (non-hydrogen) atoms. The summed E-state index contributed by atoms with van der Waals surface area (Å²) < 4.78 is 18.7. The number of rotatable bonds is 3. The van der Waals surface area contributed by atoms with Gasteiger partial charge in [0.25, 0.3) is 5.69 Å². The van der Waals surface area contributed by atoms with E-state index in [2.05, 4.69) is 5.32 Å². The molecule has 0 aromatic heterocycles. The molecule has 1 atom stereocenters. The quantitative estimate of drug-likeness (QED) is 0.683. The Bertz CT molecular complexity index is 764. The highest BCUT2D eigenvalue weighted by Crippen LogP contribution is 2.23. The van der Waals surface area contributed by atoms with Gasteiger partial charge in [0, 0.05) is 24.4 Å². The van der Waals surface area contributed by atoms with E-state index in [1.165, 1.54) is 36.4 Å². The van der Waals surface area contributed by atoms with Gasteiger partial charge in [-0.3, -0.25) is 10.1 Å². The van der Waals surface area contributed by atoms with Gasteiger partial charge in [0.2, 0.25) is 0 Å². The van der Waals surface area contributed by atoms with E-state index in [-0.39, 0.29) is 23.6 Å². The van der Waals surface area contributed by atoms with E-state index in [9.17, 15) is 19.3 Å². The van der Waals surface area contributed by atoms with Gasteiger partial charge >= 0.3 is 6.03 Å². The summed E-state index contributed by atoms with van der Waals surface area (Å²) in [7, 11) is 0. The van der Waals surface area contributed by atoms with Gasteiger partial charge in [-0.25, -0.2) is 9.18 Å². The van der Waals surface area contributed by atoms with Crippen molar-refractivity contribution in [3.05, 3.63) is 70.0 Å². The van der Waals surface area contributed by atoms with Crippen LogP contribution in [0.4, 0.5) is 20.6 Å². The molecule has 3 rings (SSSR count). The van der Waals surface area contributed by atoms with Crippen molar-refractivity contribution in [1.82, 2.24) is 4.90 Å². The van der Waals surface area contributed by atoms with Gasteiger partial charge in [-0.05, 0) is 29.8 Å². The van der Waals surface area contributed by atoms with Crippen LogP contribution in [0.5, 0.6) is 0 Å². The normalized spacial score (nSPS) is 17.2.